The van der Waals surface area contributed by atoms with Gasteiger partial charge >= 0.3 is 0 Å². The van der Waals surface area contributed by atoms with E-state index in [9.17, 15) is 9.59 Å². The first-order chi connectivity index (χ1) is 6.13. The summed E-state index contributed by atoms with van der Waals surface area (Å²) in [4.78, 5) is 27.2. The van der Waals surface area contributed by atoms with E-state index in [0.717, 1.165) is 0 Å². The molecule has 6 nitrogen and oxygen atoms in total. The van der Waals surface area contributed by atoms with Gasteiger partial charge in [-0.3, -0.25) is 19.9 Å². The van der Waals surface area contributed by atoms with Crippen LogP contribution in [0.5, 0.6) is 0 Å². The Morgan fingerprint density at radius 1 is 1.54 bits per heavy atom. The van der Waals surface area contributed by atoms with Gasteiger partial charge in [-0.05, 0) is 6.92 Å². The minimum absolute atomic E-state index is 0.0983. The Morgan fingerprint density at radius 3 is 2.54 bits per heavy atom. The molecule has 1 heterocycles. The van der Waals surface area contributed by atoms with Gasteiger partial charge in [0.25, 0.3) is 0 Å². The predicted molar refractivity (Wildman–Crippen MR) is 46.9 cm³/mol. The monoisotopic (exact) mass is 184 g/mol. The van der Waals surface area contributed by atoms with E-state index in [1.54, 1.807) is 0 Å². The van der Waals surface area contributed by atoms with Crippen LogP contribution in [0.3, 0.4) is 0 Å². The number of amides is 2. The van der Waals surface area contributed by atoms with Crippen LogP contribution in [0.25, 0.3) is 0 Å². The summed E-state index contributed by atoms with van der Waals surface area (Å²) < 4.78 is 0. The Balaban J connectivity index is 2.65. The molecule has 72 valence electrons. The number of piperazine rings is 1. The molecule has 13 heavy (non-hydrogen) atoms. The summed E-state index contributed by atoms with van der Waals surface area (Å²) in [6.45, 7) is 2.57. The fourth-order valence-corrected chi connectivity index (χ4v) is 1.06. The van der Waals surface area contributed by atoms with Gasteiger partial charge in [-0.15, -0.1) is 0 Å². The van der Waals surface area contributed by atoms with Crippen molar-refractivity contribution in [1.82, 2.24) is 10.2 Å². The summed E-state index contributed by atoms with van der Waals surface area (Å²) in [5, 5.41) is 2.18. The van der Waals surface area contributed by atoms with E-state index in [-0.39, 0.29) is 30.9 Å². The highest BCUT2D eigenvalue weighted by molar-refractivity contribution is 6.02. The molecule has 1 aliphatic rings. The number of rotatable bonds is 1. The van der Waals surface area contributed by atoms with Crippen LogP contribution in [0.4, 0.5) is 0 Å². The van der Waals surface area contributed by atoms with Gasteiger partial charge in [0.15, 0.2) is 5.96 Å². The Labute approximate surface area is 75.8 Å². The van der Waals surface area contributed by atoms with E-state index in [4.69, 9.17) is 5.73 Å². The van der Waals surface area contributed by atoms with E-state index >= 15 is 0 Å². The van der Waals surface area contributed by atoms with Gasteiger partial charge in [0.1, 0.15) is 13.1 Å². The molecule has 2 amide bonds. The van der Waals surface area contributed by atoms with Crippen molar-refractivity contribution in [2.75, 3.05) is 19.6 Å². The maximum atomic E-state index is 10.9. The van der Waals surface area contributed by atoms with Gasteiger partial charge in [-0.1, -0.05) is 0 Å². The van der Waals surface area contributed by atoms with E-state index in [2.05, 4.69) is 10.3 Å². The van der Waals surface area contributed by atoms with Gasteiger partial charge in [0.05, 0.1) is 0 Å². The molecular weight excluding hydrogens is 172 g/mol. The molecule has 0 spiro atoms. The van der Waals surface area contributed by atoms with Crippen molar-refractivity contribution >= 4 is 17.8 Å². The zero-order valence-corrected chi connectivity index (χ0v) is 7.41. The molecule has 0 saturated carbocycles. The molecule has 1 fully saturated rings. The standard InChI is InChI=1S/C7H12N4O2/c1-2-9-7(8)11-3-5(12)10-6(13)4-11/h2-4H2,1H3,(H2,8,9)(H,10,12,13). The molecular formula is C7H12N4O2. The number of carbonyl (C=O) groups excluding carboxylic acids is 2. The maximum absolute atomic E-state index is 10.9. The van der Waals surface area contributed by atoms with Crippen LogP contribution in [-0.4, -0.2) is 42.3 Å². The lowest BCUT2D eigenvalue weighted by atomic mass is 10.3. The van der Waals surface area contributed by atoms with Crippen molar-refractivity contribution in [2.45, 2.75) is 6.92 Å². The lowest BCUT2D eigenvalue weighted by Crippen LogP contribution is -2.55. The molecule has 0 aromatic carbocycles. The highest BCUT2D eigenvalue weighted by atomic mass is 16.2. The molecule has 0 radical (unpaired) electrons. The molecule has 3 N–H and O–H groups in total. The molecule has 0 bridgehead atoms. The number of nitrogens with one attached hydrogen (secondary N) is 1. The maximum Gasteiger partial charge on any atom is 0.246 e. The average molecular weight is 184 g/mol. The van der Waals surface area contributed by atoms with Crippen LogP contribution in [0.1, 0.15) is 6.92 Å². The summed E-state index contributed by atoms with van der Waals surface area (Å²) in [7, 11) is 0. The average Bonchev–Trinajstić information content (AvgIpc) is 2.03. The number of carbonyl (C=O) groups is 2. The fraction of sp³-hybridized carbons (Fsp3) is 0.571. The fourth-order valence-electron chi connectivity index (χ4n) is 1.06. The summed E-state index contributed by atoms with van der Waals surface area (Å²) in [5.74, 6) is -0.443. The quantitative estimate of drug-likeness (QED) is 0.288. The Morgan fingerprint density at radius 2 is 2.08 bits per heavy atom. The van der Waals surface area contributed by atoms with Crippen LogP contribution < -0.4 is 11.1 Å². The zero-order chi connectivity index (χ0) is 9.84. The smallest absolute Gasteiger partial charge is 0.246 e. The summed E-state index contributed by atoms with van der Waals surface area (Å²) in [6.07, 6.45) is 0. The van der Waals surface area contributed by atoms with Crippen LogP contribution in [0.2, 0.25) is 0 Å². The molecule has 1 rings (SSSR count). The van der Waals surface area contributed by atoms with Crippen molar-refractivity contribution in [3.63, 3.8) is 0 Å². The van der Waals surface area contributed by atoms with Gasteiger partial charge in [-0.2, -0.15) is 0 Å². The number of nitrogens with zero attached hydrogens (tertiary/aromatic N) is 2. The van der Waals surface area contributed by atoms with Gasteiger partial charge in [0, 0.05) is 6.54 Å². The van der Waals surface area contributed by atoms with Crippen LogP contribution in [0, 0.1) is 0 Å². The largest absolute Gasteiger partial charge is 0.370 e. The normalized spacial score (nSPS) is 18.8. The number of nitrogens with two attached hydrogens (primary N) is 1. The molecule has 6 heteroatoms. The predicted octanol–water partition coefficient (Wildman–Crippen LogP) is -1.72. The number of imide groups is 1. The summed E-state index contributed by atoms with van der Waals surface area (Å²) in [5.41, 5.74) is 5.53. The third kappa shape index (κ3) is 2.43. The number of hydrogen-bond acceptors (Lipinski definition) is 3. The second kappa shape index (κ2) is 3.88. The number of aliphatic imine (C=N–C) groups is 1. The third-order valence-corrected chi connectivity index (χ3v) is 1.59. The molecule has 1 aliphatic heterocycles. The molecule has 0 aliphatic carbocycles. The second-order valence-corrected chi connectivity index (χ2v) is 2.66. The Hall–Kier alpha value is -1.59. The van der Waals surface area contributed by atoms with Crippen molar-refractivity contribution in [1.29, 1.82) is 0 Å². The number of hydrogen-bond donors (Lipinski definition) is 2. The first-order valence-electron chi connectivity index (χ1n) is 4.01. The van der Waals surface area contributed by atoms with Crippen molar-refractivity contribution in [3.8, 4) is 0 Å². The zero-order valence-electron chi connectivity index (χ0n) is 7.41. The summed E-state index contributed by atoms with van der Waals surface area (Å²) >= 11 is 0. The van der Waals surface area contributed by atoms with E-state index in [1.807, 2.05) is 6.92 Å². The van der Waals surface area contributed by atoms with Gasteiger partial charge in [0.2, 0.25) is 11.8 Å². The second-order valence-electron chi connectivity index (χ2n) is 2.66. The molecule has 0 unspecified atom stereocenters. The lowest BCUT2D eigenvalue weighted by molar-refractivity contribution is -0.134. The Bertz CT molecular complexity index is 245. The van der Waals surface area contributed by atoms with Crippen LogP contribution in [-0.2, 0) is 9.59 Å². The highest BCUT2D eigenvalue weighted by Crippen LogP contribution is 1.93. The molecule has 0 atom stereocenters. The first kappa shape index (κ1) is 9.50. The van der Waals surface area contributed by atoms with Crippen LogP contribution in [0.15, 0.2) is 4.99 Å². The molecule has 0 aromatic rings. The van der Waals surface area contributed by atoms with E-state index in [0.29, 0.717) is 6.54 Å². The highest BCUT2D eigenvalue weighted by Gasteiger charge is 2.23. The molecule has 0 aromatic heterocycles. The van der Waals surface area contributed by atoms with Crippen molar-refractivity contribution in [2.24, 2.45) is 10.7 Å². The first-order valence-corrected chi connectivity index (χ1v) is 4.01. The molecule has 1 saturated heterocycles. The Kier molecular flexibility index (Phi) is 2.84. The van der Waals surface area contributed by atoms with Gasteiger partial charge in [-0.25, -0.2) is 0 Å². The SMILES string of the molecule is CCN=C(N)N1CC(=O)NC(=O)C1. The van der Waals surface area contributed by atoms with Crippen LogP contribution >= 0.6 is 0 Å². The summed E-state index contributed by atoms with van der Waals surface area (Å²) in [6, 6.07) is 0. The topological polar surface area (TPSA) is 87.8 Å². The van der Waals surface area contributed by atoms with Crippen molar-refractivity contribution < 1.29 is 9.59 Å². The van der Waals surface area contributed by atoms with Crippen molar-refractivity contribution in [3.05, 3.63) is 0 Å². The lowest BCUT2D eigenvalue weighted by Gasteiger charge is -2.25. The van der Waals surface area contributed by atoms with E-state index in [1.165, 1.54) is 4.90 Å². The minimum Gasteiger partial charge on any atom is -0.370 e. The number of guanidine groups is 1. The van der Waals surface area contributed by atoms with Gasteiger partial charge < -0.3 is 10.6 Å². The third-order valence-electron chi connectivity index (χ3n) is 1.59. The minimum atomic E-state index is -0.342. The van der Waals surface area contributed by atoms with E-state index < -0.39 is 0 Å².